The molecule has 0 saturated heterocycles. The van der Waals surface area contributed by atoms with E-state index in [4.69, 9.17) is 4.74 Å². The molecule has 0 heterocycles. The Morgan fingerprint density at radius 2 is 0.962 bits per heavy atom. The van der Waals surface area contributed by atoms with Gasteiger partial charge < -0.3 is 9.64 Å². The van der Waals surface area contributed by atoms with E-state index in [9.17, 15) is 0 Å². The van der Waals surface area contributed by atoms with Crippen molar-refractivity contribution in [1.29, 1.82) is 0 Å². The average Bonchev–Trinajstić information content (AvgIpc) is 3.40. The Bertz CT molecular complexity index is 2230. The van der Waals surface area contributed by atoms with Gasteiger partial charge in [-0.25, -0.2) is 0 Å². The molecule has 0 atom stereocenters. The fourth-order valence-corrected chi connectivity index (χ4v) is 11.1. The molecule has 0 aromatic heterocycles. The first-order valence-corrected chi connectivity index (χ1v) is 19.4. The van der Waals surface area contributed by atoms with Gasteiger partial charge in [-0.2, -0.15) is 0 Å². The number of nitrogens with zero attached hydrogens (tertiary/aromatic N) is 1. The van der Waals surface area contributed by atoms with Crippen LogP contribution >= 0.6 is 0 Å². The van der Waals surface area contributed by atoms with Gasteiger partial charge in [-0.1, -0.05) is 105 Å². The third-order valence-electron chi connectivity index (χ3n) is 13.4. The molecule has 4 saturated carbocycles. The van der Waals surface area contributed by atoms with Gasteiger partial charge in [0.2, 0.25) is 0 Å². The summed E-state index contributed by atoms with van der Waals surface area (Å²) in [5.74, 6) is 3.77. The van der Waals surface area contributed by atoms with E-state index in [1.54, 1.807) is 12.7 Å². The van der Waals surface area contributed by atoms with Gasteiger partial charge in [0.1, 0.15) is 5.75 Å². The van der Waals surface area contributed by atoms with E-state index in [0.717, 1.165) is 34.9 Å². The highest BCUT2D eigenvalue weighted by Crippen LogP contribution is 2.61. The van der Waals surface area contributed by atoms with Crippen LogP contribution in [0.25, 0.3) is 33.4 Å². The molecule has 0 amide bonds. The summed E-state index contributed by atoms with van der Waals surface area (Å²) in [6, 6.07) is 52.1. The molecule has 0 spiro atoms. The van der Waals surface area contributed by atoms with Crippen molar-refractivity contribution in [2.45, 2.75) is 63.2 Å². The standard InChI is InChI=1S/C50H47NO/c1-49(2)47-7-5-4-6-45(47)46-25-22-43(29-48(46)49)51(42-20-12-38(13-21-42)39-14-23-44(52-3)24-15-39)41-18-10-37(11-19-41)36-8-16-40(17-9-36)50-30-33-26-34(31-50)28-35(27-33)32-50/h4-25,29,33-35H,26-28,30-32H2,1-3H3. The number of rotatable bonds is 7. The maximum Gasteiger partial charge on any atom is 0.118 e. The van der Waals surface area contributed by atoms with E-state index in [0.29, 0.717) is 5.41 Å². The van der Waals surface area contributed by atoms with Crippen LogP contribution in [0.5, 0.6) is 5.75 Å². The summed E-state index contributed by atoms with van der Waals surface area (Å²) in [6.07, 6.45) is 8.71. The summed E-state index contributed by atoms with van der Waals surface area (Å²) >= 11 is 0. The van der Waals surface area contributed by atoms with Crippen molar-refractivity contribution >= 4 is 17.1 Å². The molecular formula is C50H47NO. The topological polar surface area (TPSA) is 12.5 Å². The first-order valence-electron chi connectivity index (χ1n) is 19.4. The minimum atomic E-state index is -0.0714. The fraction of sp³-hybridized carbons (Fsp3) is 0.280. The highest BCUT2D eigenvalue weighted by molar-refractivity contribution is 5.86. The van der Waals surface area contributed by atoms with Crippen molar-refractivity contribution in [3.05, 3.63) is 156 Å². The molecule has 5 aliphatic rings. The van der Waals surface area contributed by atoms with Crippen LogP contribution in [-0.2, 0) is 10.8 Å². The summed E-state index contributed by atoms with van der Waals surface area (Å²) in [5, 5.41) is 0. The van der Waals surface area contributed by atoms with Gasteiger partial charge in [0.15, 0.2) is 0 Å². The van der Waals surface area contributed by atoms with Crippen LogP contribution in [-0.4, -0.2) is 7.11 Å². The maximum absolute atomic E-state index is 5.40. The summed E-state index contributed by atoms with van der Waals surface area (Å²) in [4.78, 5) is 2.41. The van der Waals surface area contributed by atoms with Crippen molar-refractivity contribution in [1.82, 2.24) is 0 Å². The first kappa shape index (κ1) is 31.6. The lowest BCUT2D eigenvalue weighted by molar-refractivity contribution is -0.00518. The molecule has 6 aromatic rings. The predicted molar refractivity (Wildman–Crippen MR) is 216 cm³/mol. The zero-order chi connectivity index (χ0) is 35.0. The second kappa shape index (κ2) is 12.0. The zero-order valence-electron chi connectivity index (χ0n) is 30.6. The molecule has 4 bridgehead atoms. The summed E-state index contributed by atoms with van der Waals surface area (Å²) in [6.45, 7) is 4.72. The molecule has 0 N–H and O–H groups in total. The summed E-state index contributed by atoms with van der Waals surface area (Å²) in [7, 11) is 1.71. The lowest BCUT2D eigenvalue weighted by Crippen LogP contribution is -2.48. The van der Waals surface area contributed by atoms with Crippen LogP contribution in [0.2, 0.25) is 0 Å². The maximum atomic E-state index is 5.40. The van der Waals surface area contributed by atoms with Crippen LogP contribution in [0.15, 0.2) is 140 Å². The van der Waals surface area contributed by atoms with Gasteiger partial charge in [-0.3, -0.25) is 0 Å². The lowest BCUT2D eigenvalue weighted by atomic mass is 9.48. The minimum Gasteiger partial charge on any atom is -0.497 e. The quantitative estimate of drug-likeness (QED) is 0.167. The van der Waals surface area contributed by atoms with Gasteiger partial charge >= 0.3 is 0 Å². The van der Waals surface area contributed by atoms with Crippen molar-refractivity contribution in [3.8, 4) is 39.1 Å². The predicted octanol–water partition coefficient (Wildman–Crippen LogP) is 13.3. The first-order chi connectivity index (χ1) is 25.4. The van der Waals surface area contributed by atoms with Crippen molar-refractivity contribution < 1.29 is 4.74 Å². The van der Waals surface area contributed by atoms with Crippen LogP contribution in [0, 0.1) is 17.8 Å². The van der Waals surface area contributed by atoms with Gasteiger partial charge in [0.05, 0.1) is 7.11 Å². The highest BCUT2D eigenvalue weighted by Gasteiger charge is 2.51. The number of hydrogen-bond donors (Lipinski definition) is 0. The van der Waals surface area contributed by atoms with Crippen LogP contribution in [0.4, 0.5) is 17.1 Å². The molecule has 4 fully saturated rings. The summed E-state index contributed by atoms with van der Waals surface area (Å²) in [5.41, 5.74) is 15.8. The van der Waals surface area contributed by atoms with Gasteiger partial charge in [0, 0.05) is 22.5 Å². The summed E-state index contributed by atoms with van der Waals surface area (Å²) < 4.78 is 5.40. The van der Waals surface area contributed by atoms with Gasteiger partial charge in [-0.05, 0) is 160 Å². The Labute approximate surface area is 309 Å². The molecule has 52 heavy (non-hydrogen) atoms. The Hall–Kier alpha value is -5.08. The molecule has 6 aromatic carbocycles. The van der Waals surface area contributed by atoms with E-state index in [1.807, 2.05) is 12.1 Å². The second-order valence-electron chi connectivity index (χ2n) is 16.8. The SMILES string of the molecule is COc1ccc(-c2ccc(N(c3ccc(-c4ccc(C56CC7CC(CC(C7)C5)C6)cc4)cc3)c3ccc4c(c3)C(C)(C)c3ccccc3-4)cc2)cc1. The molecule has 11 rings (SSSR count). The number of hydrogen-bond acceptors (Lipinski definition) is 2. The Kier molecular flexibility index (Phi) is 7.29. The Morgan fingerprint density at radius 3 is 1.50 bits per heavy atom. The average molecular weight is 678 g/mol. The van der Waals surface area contributed by atoms with E-state index in [2.05, 4.69) is 146 Å². The molecule has 2 nitrogen and oxygen atoms in total. The molecule has 0 radical (unpaired) electrons. The third kappa shape index (κ3) is 5.13. The highest BCUT2D eigenvalue weighted by atomic mass is 16.5. The molecule has 2 heteroatoms. The van der Waals surface area contributed by atoms with Crippen molar-refractivity contribution in [2.75, 3.05) is 12.0 Å². The molecule has 0 unspecified atom stereocenters. The second-order valence-corrected chi connectivity index (χ2v) is 16.8. The third-order valence-corrected chi connectivity index (χ3v) is 13.4. The molecule has 5 aliphatic carbocycles. The van der Waals surface area contributed by atoms with E-state index in [-0.39, 0.29) is 5.41 Å². The Balaban J connectivity index is 0.994. The number of anilines is 3. The normalized spacial score (nSPS) is 23.2. The lowest BCUT2D eigenvalue weighted by Gasteiger charge is -2.57. The number of ether oxygens (including phenoxy) is 1. The van der Waals surface area contributed by atoms with E-state index < -0.39 is 0 Å². The van der Waals surface area contributed by atoms with Gasteiger partial charge in [0.25, 0.3) is 0 Å². The fourth-order valence-electron chi connectivity index (χ4n) is 11.1. The zero-order valence-corrected chi connectivity index (χ0v) is 30.6. The number of fused-ring (bicyclic) bond motifs is 3. The molecular weight excluding hydrogens is 631 g/mol. The number of methoxy groups -OCH3 is 1. The van der Waals surface area contributed by atoms with Crippen LogP contribution < -0.4 is 9.64 Å². The molecule has 0 aliphatic heterocycles. The van der Waals surface area contributed by atoms with Crippen LogP contribution in [0.3, 0.4) is 0 Å². The van der Waals surface area contributed by atoms with Gasteiger partial charge in [-0.15, -0.1) is 0 Å². The Morgan fingerprint density at radius 1 is 0.500 bits per heavy atom. The minimum absolute atomic E-state index is 0.0714. The van der Waals surface area contributed by atoms with Crippen molar-refractivity contribution in [3.63, 3.8) is 0 Å². The van der Waals surface area contributed by atoms with Crippen molar-refractivity contribution in [2.24, 2.45) is 17.8 Å². The number of benzene rings is 6. The van der Waals surface area contributed by atoms with Crippen LogP contribution in [0.1, 0.15) is 69.1 Å². The molecule has 258 valence electrons. The largest absolute Gasteiger partial charge is 0.497 e. The monoisotopic (exact) mass is 677 g/mol. The van der Waals surface area contributed by atoms with E-state index >= 15 is 0 Å². The smallest absolute Gasteiger partial charge is 0.118 e. The van der Waals surface area contributed by atoms with E-state index in [1.165, 1.54) is 88.7 Å².